The summed E-state index contributed by atoms with van der Waals surface area (Å²) in [7, 11) is 0. The number of aryl methyl sites for hydroxylation is 1. The van der Waals surface area contributed by atoms with Crippen LogP contribution < -0.4 is 10.1 Å². The lowest BCUT2D eigenvalue weighted by atomic mass is 10.00. The molecule has 178 valence electrons. The molecule has 3 aromatic carbocycles. The molecule has 3 aromatic rings. The maximum Gasteiger partial charge on any atom is 0.261 e. The van der Waals surface area contributed by atoms with Crippen molar-refractivity contribution < 1.29 is 14.3 Å². The summed E-state index contributed by atoms with van der Waals surface area (Å²) in [6.07, 6.45) is 0.408. The largest absolute Gasteiger partial charge is 0.484 e. The van der Waals surface area contributed by atoms with Crippen LogP contribution in [0.4, 0.5) is 0 Å². The summed E-state index contributed by atoms with van der Waals surface area (Å²) in [5.41, 5.74) is 2.63. The molecule has 0 aliphatic heterocycles. The van der Waals surface area contributed by atoms with Crippen molar-refractivity contribution in [3.63, 3.8) is 0 Å². The Morgan fingerprint density at radius 2 is 1.47 bits per heavy atom. The van der Waals surface area contributed by atoms with Crippen molar-refractivity contribution in [3.8, 4) is 5.75 Å². The molecule has 0 aliphatic carbocycles. The molecule has 0 fully saturated rings. The molecule has 1 N–H and O–H groups in total. The van der Waals surface area contributed by atoms with Crippen LogP contribution in [0.3, 0.4) is 0 Å². The smallest absolute Gasteiger partial charge is 0.261 e. The van der Waals surface area contributed by atoms with Gasteiger partial charge in [-0.2, -0.15) is 0 Å². The van der Waals surface area contributed by atoms with Gasteiger partial charge in [0.2, 0.25) is 5.91 Å². The Kier molecular flexibility index (Phi) is 8.47. The first kappa shape index (κ1) is 25.0. The lowest BCUT2D eigenvalue weighted by Crippen LogP contribution is -2.55. The number of hydrogen-bond acceptors (Lipinski definition) is 3. The highest BCUT2D eigenvalue weighted by atomic mass is 16.5. The summed E-state index contributed by atoms with van der Waals surface area (Å²) in [4.78, 5) is 28.7. The van der Waals surface area contributed by atoms with E-state index in [4.69, 9.17) is 4.74 Å². The van der Waals surface area contributed by atoms with Crippen LogP contribution in [0.2, 0.25) is 0 Å². The van der Waals surface area contributed by atoms with Crippen molar-refractivity contribution in [1.29, 1.82) is 0 Å². The first-order chi connectivity index (χ1) is 16.2. The lowest BCUT2D eigenvalue weighted by Gasteiger charge is -2.34. The van der Waals surface area contributed by atoms with Crippen LogP contribution in [0.15, 0.2) is 84.9 Å². The Morgan fingerprint density at radius 3 is 2.09 bits per heavy atom. The zero-order valence-electron chi connectivity index (χ0n) is 20.5. The zero-order chi connectivity index (χ0) is 24.6. The number of amides is 2. The number of nitrogens with one attached hydrogen (secondary N) is 1. The highest BCUT2D eigenvalue weighted by Crippen LogP contribution is 2.18. The fourth-order valence-corrected chi connectivity index (χ4v) is 3.72. The van der Waals surface area contributed by atoms with E-state index in [2.05, 4.69) is 5.32 Å². The molecule has 34 heavy (non-hydrogen) atoms. The Balaban J connectivity index is 1.94. The summed E-state index contributed by atoms with van der Waals surface area (Å²) in [5, 5.41) is 3.08. The van der Waals surface area contributed by atoms with Crippen LogP contribution >= 0.6 is 0 Å². The predicted octanol–water partition coefficient (Wildman–Crippen LogP) is 4.93. The van der Waals surface area contributed by atoms with Gasteiger partial charge in [-0.05, 0) is 56.5 Å². The molecule has 5 nitrogen and oxygen atoms in total. The predicted molar refractivity (Wildman–Crippen MR) is 135 cm³/mol. The third-order valence-electron chi connectivity index (χ3n) is 5.48. The molecule has 0 aliphatic rings. The van der Waals surface area contributed by atoms with Gasteiger partial charge in [0.05, 0.1) is 0 Å². The molecule has 0 bridgehead atoms. The number of carbonyl (C=O) groups is 2. The van der Waals surface area contributed by atoms with Gasteiger partial charge < -0.3 is 15.0 Å². The molecule has 0 aromatic heterocycles. The van der Waals surface area contributed by atoms with Crippen LogP contribution in [0.25, 0.3) is 0 Å². The Morgan fingerprint density at radius 1 is 0.882 bits per heavy atom. The minimum Gasteiger partial charge on any atom is -0.484 e. The molecule has 0 radical (unpaired) electrons. The fourth-order valence-electron chi connectivity index (χ4n) is 3.72. The van der Waals surface area contributed by atoms with Crippen molar-refractivity contribution in [2.45, 2.75) is 52.2 Å². The molecule has 0 saturated carbocycles. The van der Waals surface area contributed by atoms with E-state index in [0.717, 1.165) is 16.7 Å². The van der Waals surface area contributed by atoms with Crippen LogP contribution in [-0.4, -0.2) is 34.9 Å². The Labute approximate surface area is 202 Å². The topological polar surface area (TPSA) is 58.6 Å². The van der Waals surface area contributed by atoms with Crippen molar-refractivity contribution in [2.75, 3.05) is 6.61 Å². The van der Waals surface area contributed by atoms with Crippen molar-refractivity contribution in [1.82, 2.24) is 10.2 Å². The molecule has 1 unspecified atom stereocenters. The zero-order valence-corrected chi connectivity index (χ0v) is 20.5. The maximum atomic E-state index is 13.6. The van der Waals surface area contributed by atoms with Gasteiger partial charge in [-0.1, -0.05) is 72.8 Å². The van der Waals surface area contributed by atoms with Gasteiger partial charge in [0.15, 0.2) is 6.61 Å². The normalized spacial score (nSPS) is 12.0. The Bertz CT molecular complexity index is 1080. The van der Waals surface area contributed by atoms with Gasteiger partial charge in [0.1, 0.15) is 11.8 Å². The number of hydrogen-bond donors (Lipinski definition) is 1. The second-order valence-electron chi connectivity index (χ2n) is 9.49. The first-order valence-corrected chi connectivity index (χ1v) is 11.6. The van der Waals surface area contributed by atoms with E-state index in [1.54, 1.807) is 4.90 Å². The van der Waals surface area contributed by atoms with Gasteiger partial charge in [-0.25, -0.2) is 0 Å². The third-order valence-corrected chi connectivity index (χ3v) is 5.48. The Hall–Kier alpha value is -3.60. The van der Waals surface area contributed by atoms with Gasteiger partial charge in [-0.15, -0.1) is 0 Å². The highest BCUT2D eigenvalue weighted by Gasteiger charge is 2.32. The highest BCUT2D eigenvalue weighted by molar-refractivity contribution is 5.89. The second-order valence-corrected chi connectivity index (χ2v) is 9.49. The average Bonchev–Trinajstić information content (AvgIpc) is 2.81. The minimum absolute atomic E-state index is 0.149. The fraction of sp³-hybridized carbons (Fsp3) is 0.310. The summed E-state index contributed by atoms with van der Waals surface area (Å²) in [5.74, 6) is 0.195. The van der Waals surface area contributed by atoms with Crippen LogP contribution in [0.1, 0.15) is 37.5 Å². The molecule has 0 spiro atoms. The molecular formula is C29H34N2O3. The standard InChI is InChI=1S/C29H34N2O3/c1-22-13-11-12-16-24(22)20-31(27(32)21-34-25-17-9-6-10-18-25)26(28(33)30-29(2,3)4)19-23-14-7-5-8-15-23/h5-18,26H,19-21H2,1-4H3,(H,30,33). The minimum atomic E-state index is -0.687. The summed E-state index contributed by atoms with van der Waals surface area (Å²) < 4.78 is 5.77. The van der Waals surface area contributed by atoms with Gasteiger partial charge in [-0.3, -0.25) is 9.59 Å². The van der Waals surface area contributed by atoms with Crippen molar-refractivity contribution in [2.24, 2.45) is 0 Å². The molecule has 2 amide bonds. The van der Waals surface area contributed by atoms with E-state index >= 15 is 0 Å². The molecule has 0 saturated heterocycles. The van der Waals surface area contributed by atoms with E-state index in [1.807, 2.05) is 113 Å². The summed E-state index contributed by atoms with van der Waals surface area (Å²) in [6.45, 7) is 8.01. The van der Waals surface area contributed by atoms with Crippen LogP contribution in [-0.2, 0) is 22.6 Å². The molecule has 5 heteroatoms. The SMILES string of the molecule is Cc1ccccc1CN(C(=O)COc1ccccc1)C(Cc1ccccc1)C(=O)NC(C)(C)C. The number of nitrogens with zero attached hydrogens (tertiary/aromatic N) is 1. The van der Waals surface area contributed by atoms with Gasteiger partial charge in [0, 0.05) is 18.5 Å². The van der Waals surface area contributed by atoms with E-state index in [1.165, 1.54) is 0 Å². The van der Waals surface area contributed by atoms with E-state index < -0.39 is 11.6 Å². The monoisotopic (exact) mass is 458 g/mol. The van der Waals surface area contributed by atoms with Crippen LogP contribution in [0, 0.1) is 6.92 Å². The summed E-state index contributed by atoms with van der Waals surface area (Å²) >= 11 is 0. The maximum absolute atomic E-state index is 13.6. The van der Waals surface area contributed by atoms with E-state index in [-0.39, 0.29) is 18.4 Å². The number of para-hydroxylation sites is 1. The van der Waals surface area contributed by atoms with Gasteiger partial charge >= 0.3 is 0 Å². The summed E-state index contributed by atoms with van der Waals surface area (Å²) in [6, 6.07) is 26.3. The lowest BCUT2D eigenvalue weighted by molar-refractivity contribution is -0.143. The molecular weight excluding hydrogens is 424 g/mol. The molecule has 0 heterocycles. The van der Waals surface area contributed by atoms with Crippen LogP contribution in [0.5, 0.6) is 5.75 Å². The first-order valence-electron chi connectivity index (χ1n) is 11.6. The quantitative estimate of drug-likeness (QED) is 0.495. The number of rotatable bonds is 9. The number of ether oxygens (including phenoxy) is 1. The van der Waals surface area contributed by atoms with E-state index in [9.17, 15) is 9.59 Å². The number of carbonyl (C=O) groups excluding carboxylic acids is 2. The number of benzene rings is 3. The average molecular weight is 459 g/mol. The molecule has 3 rings (SSSR count). The van der Waals surface area contributed by atoms with E-state index in [0.29, 0.717) is 18.7 Å². The van der Waals surface area contributed by atoms with Crippen molar-refractivity contribution >= 4 is 11.8 Å². The molecule has 1 atom stereocenters. The third kappa shape index (κ3) is 7.48. The van der Waals surface area contributed by atoms with Gasteiger partial charge in [0.25, 0.3) is 5.91 Å². The second kappa shape index (κ2) is 11.5. The van der Waals surface area contributed by atoms with Crippen molar-refractivity contribution in [3.05, 3.63) is 102 Å².